The third-order valence-corrected chi connectivity index (χ3v) is 5.27. The van der Waals surface area contributed by atoms with Gasteiger partial charge in [-0.2, -0.15) is 0 Å². The van der Waals surface area contributed by atoms with Crippen molar-refractivity contribution in [1.82, 2.24) is 5.32 Å². The van der Waals surface area contributed by atoms with Gasteiger partial charge in [0.25, 0.3) is 5.91 Å². The molecule has 2 aromatic rings. The van der Waals surface area contributed by atoms with Crippen LogP contribution in [0.4, 0.5) is 0 Å². The molecule has 1 amide bonds. The maximum Gasteiger partial charge on any atom is 0.308 e. The van der Waals surface area contributed by atoms with Gasteiger partial charge >= 0.3 is 5.97 Å². The van der Waals surface area contributed by atoms with Crippen molar-refractivity contribution in [3.63, 3.8) is 0 Å². The van der Waals surface area contributed by atoms with E-state index in [-0.39, 0.29) is 18.4 Å². The van der Waals surface area contributed by atoms with Crippen LogP contribution in [0.25, 0.3) is 0 Å². The van der Waals surface area contributed by atoms with Crippen LogP contribution in [0.3, 0.4) is 0 Å². The van der Waals surface area contributed by atoms with E-state index in [1.165, 1.54) is 28.0 Å². The molecular weight excluding hydrogens is 310 g/mol. The van der Waals surface area contributed by atoms with Crippen LogP contribution in [0.2, 0.25) is 0 Å². The summed E-state index contributed by atoms with van der Waals surface area (Å²) in [5, 5.41) is 13.8. The lowest BCUT2D eigenvalue weighted by Crippen LogP contribution is -2.31. The number of carboxylic acids is 1. The van der Waals surface area contributed by atoms with Crippen LogP contribution >= 0.6 is 11.3 Å². The standard InChI is InChI=1S/C18H19NO3S/c1-11-4-2-6-13-12(11)5-3-7-15(13)19-18(22)14-8-9-23-16(14)10-17(20)21/h2,4,6,8-9,15H,3,5,7,10H2,1H3,(H,19,22)(H,20,21). The molecule has 1 atom stereocenters. The maximum atomic E-state index is 12.6. The van der Waals surface area contributed by atoms with Crippen LogP contribution in [0.15, 0.2) is 29.6 Å². The van der Waals surface area contributed by atoms with Gasteiger partial charge in [0.2, 0.25) is 0 Å². The summed E-state index contributed by atoms with van der Waals surface area (Å²) in [6.07, 6.45) is 2.91. The van der Waals surface area contributed by atoms with Crippen LogP contribution in [0, 0.1) is 6.92 Å². The molecule has 120 valence electrons. The molecule has 1 aromatic carbocycles. The average molecular weight is 329 g/mol. The van der Waals surface area contributed by atoms with Crippen molar-refractivity contribution < 1.29 is 14.7 Å². The van der Waals surface area contributed by atoms with Crippen LogP contribution < -0.4 is 5.32 Å². The van der Waals surface area contributed by atoms with Gasteiger partial charge in [-0.25, -0.2) is 0 Å². The summed E-state index contributed by atoms with van der Waals surface area (Å²) in [5.74, 6) is -1.10. The first-order valence-electron chi connectivity index (χ1n) is 7.73. The van der Waals surface area contributed by atoms with E-state index in [4.69, 9.17) is 5.11 Å². The number of hydrogen-bond acceptors (Lipinski definition) is 3. The fourth-order valence-electron chi connectivity index (χ4n) is 3.23. The molecule has 1 unspecified atom stereocenters. The zero-order valence-corrected chi connectivity index (χ0v) is 13.8. The Morgan fingerprint density at radius 2 is 2.17 bits per heavy atom. The summed E-state index contributed by atoms with van der Waals surface area (Å²) in [6.45, 7) is 2.10. The van der Waals surface area contributed by atoms with Crippen molar-refractivity contribution in [3.05, 3.63) is 56.8 Å². The highest BCUT2D eigenvalue weighted by atomic mass is 32.1. The van der Waals surface area contributed by atoms with Crippen LogP contribution in [0.1, 0.15) is 50.8 Å². The van der Waals surface area contributed by atoms with E-state index < -0.39 is 5.97 Å². The summed E-state index contributed by atoms with van der Waals surface area (Å²) >= 11 is 1.31. The van der Waals surface area contributed by atoms with Crippen molar-refractivity contribution in [2.24, 2.45) is 0 Å². The summed E-state index contributed by atoms with van der Waals surface area (Å²) in [4.78, 5) is 24.1. The van der Waals surface area contributed by atoms with Crippen LogP contribution in [-0.2, 0) is 17.6 Å². The Kier molecular flexibility index (Phi) is 4.48. The lowest BCUT2D eigenvalue weighted by molar-refractivity contribution is -0.136. The molecule has 0 saturated heterocycles. The minimum absolute atomic E-state index is 0.00345. The van der Waals surface area contributed by atoms with Crippen molar-refractivity contribution in [2.45, 2.75) is 38.6 Å². The topological polar surface area (TPSA) is 66.4 Å². The van der Waals surface area contributed by atoms with E-state index in [0.29, 0.717) is 10.4 Å². The normalized spacial score (nSPS) is 16.7. The minimum atomic E-state index is -0.917. The number of benzene rings is 1. The molecule has 1 aliphatic rings. The van der Waals surface area contributed by atoms with E-state index in [2.05, 4.69) is 24.4 Å². The zero-order chi connectivity index (χ0) is 16.4. The quantitative estimate of drug-likeness (QED) is 0.902. The molecule has 0 fully saturated rings. The lowest BCUT2D eigenvalue weighted by Gasteiger charge is -2.27. The molecule has 23 heavy (non-hydrogen) atoms. The number of thiophene rings is 1. The van der Waals surface area contributed by atoms with Crippen LogP contribution in [0.5, 0.6) is 0 Å². The molecule has 4 nitrogen and oxygen atoms in total. The summed E-state index contributed by atoms with van der Waals surface area (Å²) in [5.41, 5.74) is 4.28. The monoisotopic (exact) mass is 329 g/mol. The van der Waals surface area contributed by atoms with Gasteiger partial charge in [-0.15, -0.1) is 11.3 Å². The predicted molar refractivity (Wildman–Crippen MR) is 90.0 cm³/mol. The highest BCUT2D eigenvalue weighted by Gasteiger charge is 2.24. The number of fused-ring (bicyclic) bond motifs is 1. The Labute approximate surface area is 139 Å². The molecule has 1 aromatic heterocycles. The van der Waals surface area contributed by atoms with E-state index in [1.807, 2.05) is 6.07 Å². The van der Waals surface area contributed by atoms with Gasteiger partial charge in [0, 0.05) is 4.88 Å². The number of nitrogens with one attached hydrogen (secondary N) is 1. The molecular formula is C18H19NO3S. The molecule has 3 rings (SSSR count). The number of aliphatic carboxylic acids is 1. The largest absolute Gasteiger partial charge is 0.481 e. The molecule has 0 radical (unpaired) electrons. The molecule has 5 heteroatoms. The summed E-state index contributed by atoms with van der Waals surface area (Å²) in [7, 11) is 0. The zero-order valence-electron chi connectivity index (χ0n) is 13.0. The Hall–Kier alpha value is -2.14. The maximum absolute atomic E-state index is 12.6. The molecule has 0 aliphatic heterocycles. The average Bonchev–Trinajstić information content (AvgIpc) is 2.96. The van der Waals surface area contributed by atoms with E-state index in [1.54, 1.807) is 11.4 Å². The Morgan fingerprint density at radius 1 is 1.35 bits per heavy atom. The number of hydrogen-bond donors (Lipinski definition) is 2. The number of carbonyl (C=O) groups excluding carboxylic acids is 1. The highest BCUT2D eigenvalue weighted by molar-refractivity contribution is 7.10. The molecule has 0 bridgehead atoms. The van der Waals surface area contributed by atoms with Gasteiger partial charge < -0.3 is 10.4 Å². The third-order valence-electron chi connectivity index (χ3n) is 4.35. The fraction of sp³-hybridized carbons (Fsp3) is 0.333. The van der Waals surface area contributed by atoms with E-state index >= 15 is 0 Å². The lowest BCUT2D eigenvalue weighted by atomic mass is 9.85. The first-order valence-corrected chi connectivity index (χ1v) is 8.61. The Balaban J connectivity index is 1.81. The van der Waals surface area contributed by atoms with Crippen molar-refractivity contribution in [1.29, 1.82) is 0 Å². The van der Waals surface area contributed by atoms with Crippen molar-refractivity contribution in [3.8, 4) is 0 Å². The molecule has 0 saturated carbocycles. The van der Waals surface area contributed by atoms with Gasteiger partial charge in [0.05, 0.1) is 18.0 Å². The Bertz CT molecular complexity index is 750. The number of aryl methyl sites for hydroxylation is 1. The van der Waals surface area contributed by atoms with Gasteiger partial charge in [0.15, 0.2) is 0 Å². The van der Waals surface area contributed by atoms with Crippen molar-refractivity contribution >= 4 is 23.2 Å². The second-order valence-corrected chi connectivity index (χ2v) is 6.89. The minimum Gasteiger partial charge on any atom is -0.481 e. The molecule has 2 N–H and O–H groups in total. The van der Waals surface area contributed by atoms with Gasteiger partial charge in [0.1, 0.15) is 0 Å². The van der Waals surface area contributed by atoms with E-state index in [9.17, 15) is 9.59 Å². The second-order valence-electron chi connectivity index (χ2n) is 5.89. The van der Waals surface area contributed by atoms with Crippen LogP contribution in [-0.4, -0.2) is 17.0 Å². The number of rotatable bonds is 4. The highest BCUT2D eigenvalue weighted by Crippen LogP contribution is 2.32. The first-order chi connectivity index (χ1) is 11.1. The Morgan fingerprint density at radius 3 is 2.96 bits per heavy atom. The van der Waals surface area contributed by atoms with Crippen molar-refractivity contribution in [2.75, 3.05) is 0 Å². The first kappa shape index (κ1) is 15.7. The predicted octanol–water partition coefficient (Wildman–Crippen LogP) is 3.49. The SMILES string of the molecule is Cc1cccc2c1CCCC2NC(=O)c1ccsc1CC(=O)O. The molecule has 0 spiro atoms. The van der Waals surface area contributed by atoms with Gasteiger partial charge in [-0.1, -0.05) is 18.2 Å². The number of carboxylic acid groups (broad SMARTS) is 1. The number of carbonyl (C=O) groups is 2. The summed E-state index contributed by atoms with van der Waals surface area (Å²) in [6, 6.07) is 7.92. The van der Waals surface area contributed by atoms with Gasteiger partial charge in [-0.3, -0.25) is 9.59 Å². The van der Waals surface area contributed by atoms with E-state index in [0.717, 1.165) is 19.3 Å². The smallest absolute Gasteiger partial charge is 0.308 e. The summed E-state index contributed by atoms with van der Waals surface area (Å²) < 4.78 is 0. The molecule has 1 aliphatic carbocycles. The third kappa shape index (κ3) is 3.29. The molecule has 1 heterocycles. The fourth-order valence-corrected chi connectivity index (χ4v) is 4.10. The second kappa shape index (κ2) is 6.54. The van der Waals surface area contributed by atoms with Gasteiger partial charge in [-0.05, 0) is 54.3 Å². The number of amides is 1.